The highest BCUT2D eigenvalue weighted by Crippen LogP contribution is 2.24. The fourth-order valence-electron chi connectivity index (χ4n) is 2.58. The van der Waals surface area contributed by atoms with Crippen LogP contribution in [0.4, 0.5) is 0 Å². The van der Waals surface area contributed by atoms with Gasteiger partial charge in [-0.3, -0.25) is 9.69 Å². The molecule has 0 saturated carbocycles. The Labute approximate surface area is 128 Å². The third-order valence-corrected chi connectivity index (χ3v) is 5.07. The van der Waals surface area contributed by atoms with Crippen molar-refractivity contribution in [2.45, 2.75) is 19.4 Å². The number of carbonyl (C=O) groups excluding carboxylic acids is 1. The maximum absolute atomic E-state index is 12.2. The van der Waals surface area contributed by atoms with Gasteiger partial charge in [0.2, 0.25) is 0 Å². The Morgan fingerprint density at radius 2 is 2.15 bits per heavy atom. The van der Waals surface area contributed by atoms with Crippen LogP contribution in [-0.4, -0.2) is 23.8 Å². The van der Waals surface area contributed by atoms with Crippen LogP contribution in [0.5, 0.6) is 0 Å². The van der Waals surface area contributed by atoms with Crippen LogP contribution in [0.25, 0.3) is 0 Å². The van der Waals surface area contributed by atoms with Gasteiger partial charge in [-0.1, -0.05) is 23.7 Å². The Morgan fingerprint density at radius 1 is 1.30 bits per heavy atom. The van der Waals surface area contributed by atoms with E-state index in [-0.39, 0.29) is 5.78 Å². The van der Waals surface area contributed by atoms with Gasteiger partial charge in [-0.05, 0) is 35.6 Å². The summed E-state index contributed by atoms with van der Waals surface area (Å²) >= 11 is 7.90. The van der Waals surface area contributed by atoms with E-state index in [9.17, 15) is 4.79 Å². The Hall–Kier alpha value is -1.16. The normalized spacial score (nSPS) is 15.1. The van der Waals surface area contributed by atoms with Crippen molar-refractivity contribution in [1.82, 2.24) is 4.90 Å². The molecule has 1 aliphatic heterocycles. The largest absolute Gasteiger partial charge is 0.298 e. The van der Waals surface area contributed by atoms with Crippen LogP contribution in [0.1, 0.15) is 27.2 Å². The van der Waals surface area contributed by atoms with Gasteiger partial charge < -0.3 is 0 Å². The average Bonchev–Trinajstić information content (AvgIpc) is 2.92. The van der Waals surface area contributed by atoms with Gasteiger partial charge in [0.25, 0.3) is 0 Å². The van der Waals surface area contributed by atoms with E-state index >= 15 is 0 Å². The molecule has 3 rings (SSSR count). The van der Waals surface area contributed by atoms with Gasteiger partial charge in [0, 0.05) is 36.5 Å². The molecule has 0 N–H and O–H groups in total. The molecule has 1 aromatic heterocycles. The predicted molar refractivity (Wildman–Crippen MR) is 83.7 cm³/mol. The van der Waals surface area contributed by atoms with Crippen molar-refractivity contribution in [1.29, 1.82) is 0 Å². The number of benzene rings is 1. The van der Waals surface area contributed by atoms with Crippen LogP contribution in [0.15, 0.2) is 35.7 Å². The second kappa shape index (κ2) is 6.08. The summed E-state index contributed by atoms with van der Waals surface area (Å²) in [5.41, 5.74) is 2.06. The molecule has 4 heteroatoms. The molecular weight excluding hydrogens is 290 g/mol. The first-order valence-corrected chi connectivity index (χ1v) is 8.05. The number of nitrogens with zero attached hydrogens (tertiary/aromatic N) is 1. The Balaban J connectivity index is 1.58. The number of fused-ring (bicyclic) bond motifs is 1. The van der Waals surface area contributed by atoms with E-state index in [0.717, 1.165) is 26.1 Å². The molecule has 20 heavy (non-hydrogen) atoms. The van der Waals surface area contributed by atoms with Crippen molar-refractivity contribution >= 4 is 28.7 Å². The van der Waals surface area contributed by atoms with Crippen LogP contribution in [0.2, 0.25) is 5.02 Å². The molecule has 2 nitrogen and oxygen atoms in total. The molecule has 2 aromatic rings. The van der Waals surface area contributed by atoms with Crippen LogP contribution in [0.3, 0.4) is 0 Å². The summed E-state index contributed by atoms with van der Waals surface area (Å²) in [4.78, 5) is 16.0. The lowest BCUT2D eigenvalue weighted by Gasteiger charge is -2.26. The minimum absolute atomic E-state index is 0.131. The standard InChI is InChI=1S/C16H16ClNOS/c17-14-4-2-1-3-13(14)15(19)5-8-18-9-6-16-12(11-18)7-10-20-16/h1-4,7,10H,5-6,8-9,11H2. The molecule has 1 aromatic carbocycles. The van der Waals surface area contributed by atoms with Crippen molar-refractivity contribution in [3.05, 3.63) is 56.7 Å². The molecule has 0 atom stereocenters. The number of thiophene rings is 1. The van der Waals surface area contributed by atoms with Crippen molar-refractivity contribution in [3.63, 3.8) is 0 Å². The third-order valence-electron chi connectivity index (χ3n) is 3.72. The smallest absolute Gasteiger partial charge is 0.165 e. The van der Waals surface area contributed by atoms with Crippen LogP contribution in [0, 0.1) is 0 Å². The van der Waals surface area contributed by atoms with Crippen molar-refractivity contribution < 1.29 is 4.79 Å². The minimum Gasteiger partial charge on any atom is -0.298 e. The summed E-state index contributed by atoms with van der Waals surface area (Å²) in [5, 5.41) is 2.71. The van der Waals surface area contributed by atoms with Crippen molar-refractivity contribution in [3.8, 4) is 0 Å². The Morgan fingerprint density at radius 3 is 3.00 bits per heavy atom. The first-order valence-electron chi connectivity index (χ1n) is 6.79. The first kappa shape index (κ1) is 13.8. The number of Topliss-reactive ketones (excluding diaryl/α,β-unsaturated/α-hetero) is 1. The summed E-state index contributed by atoms with van der Waals surface area (Å²) in [5.74, 6) is 0.131. The maximum atomic E-state index is 12.2. The number of hydrogen-bond acceptors (Lipinski definition) is 3. The number of hydrogen-bond donors (Lipinski definition) is 0. The molecular formula is C16H16ClNOS. The van der Waals surface area contributed by atoms with E-state index in [2.05, 4.69) is 16.3 Å². The van der Waals surface area contributed by atoms with Crippen LogP contribution in [-0.2, 0) is 13.0 Å². The minimum atomic E-state index is 0.131. The summed E-state index contributed by atoms with van der Waals surface area (Å²) in [6.07, 6.45) is 1.64. The fourth-order valence-corrected chi connectivity index (χ4v) is 3.71. The molecule has 2 heterocycles. The number of rotatable bonds is 4. The molecule has 0 radical (unpaired) electrons. The lowest BCUT2D eigenvalue weighted by molar-refractivity contribution is 0.0961. The maximum Gasteiger partial charge on any atom is 0.165 e. The van der Waals surface area contributed by atoms with Gasteiger partial charge in [-0.15, -0.1) is 11.3 Å². The topological polar surface area (TPSA) is 20.3 Å². The predicted octanol–water partition coefficient (Wildman–Crippen LogP) is 4.03. The third kappa shape index (κ3) is 2.95. The summed E-state index contributed by atoms with van der Waals surface area (Å²) in [6.45, 7) is 2.82. The Bertz CT molecular complexity index is 622. The van der Waals surface area contributed by atoms with Crippen molar-refractivity contribution in [2.75, 3.05) is 13.1 Å². The van der Waals surface area contributed by atoms with E-state index in [1.54, 1.807) is 12.1 Å². The van der Waals surface area contributed by atoms with Gasteiger partial charge in [-0.25, -0.2) is 0 Å². The van der Waals surface area contributed by atoms with E-state index < -0.39 is 0 Å². The molecule has 0 bridgehead atoms. The molecule has 0 saturated heterocycles. The molecule has 0 amide bonds. The van der Waals surface area contributed by atoms with Crippen molar-refractivity contribution in [2.24, 2.45) is 0 Å². The lowest BCUT2D eigenvalue weighted by atomic mass is 10.1. The summed E-state index contributed by atoms with van der Waals surface area (Å²) in [6, 6.07) is 9.48. The molecule has 0 spiro atoms. The number of halogens is 1. The summed E-state index contributed by atoms with van der Waals surface area (Å²) < 4.78 is 0. The molecule has 0 fully saturated rings. The van der Waals surface area contributed by atoms with E-state index in [1.807, 2.05) is 23.5 Å². The van der Waals surface area contributed by atoms with Crippen LogP contribution < -0.4 is 0 Å². The van der Waals surface area contributed by atoms with E-state index in [4.69, 9.17) is 11.6 Å². The molecule has 1 aliphatic rings. The first-order chi connectivity index (χ1) is 9.74. The molecule has 0 unspecified atom stereocenters. The highest BCUT2D eigenvalue weighted by molar-refractivity contribution is 7.10. The highest BCUT2D eigenvalue weighted by atomic mass is 35.5. The molecule has 104 valence electrons. The number of ketones is 1. The van der Waals surface area contributed by atoms with Gasteiger partial charge in [-0.2, -0.15) is 0 Å². The zero-order valence-corrected chi connectivity index (χ0v) is 12.7. The Kier molecular flexibility index (Phi) is 4.20. The van der Waals surface area contributed by atoms with E-state index in [1.165, 1.54) is 10.4 Å². The van der Waals surface area contributed by atoms with Gasteiger partial charge in [0.15, 0.2) is 5.78 Å². The molecule has 0 aliphatic carbocycles. The monoisotopic (exact) mass is 305 g/mol. The summed E-state index contributed by atoms with van der Waals surface area (Å²) in [7, 11) is 0. The quantitative estimate of drug-likeness (QED) is 0.795. The SMILES string of the molecule is O=C(CCN1CCc2sccc2C1)c1ccccc1Cl. The lowest BCUT2D eigenvalue weighted by Crippen LogP contribution is -2.31. The van der Waals surface area contributed by atoms with Gasteiger partial charge in [0.05, 0.1) is 5.02 Å². The second-order valence-corrected chi connectivity index (χ2v) is 6.46. The van der Waals surface area contributed by atoms with Gasteiger partial charge >= 0.3 is 0 Å². The van der Waals surface area contributed by atoms with Gasteiger partial charge in [0.1, 0.15) is 0 Å². The second-order valence-electron chi connectivity index (χ2n) is 5.05. The zero-order chi connectivity index (χ0) is 13.9. The number of carbonyl (C=O) groups is 1. The highest BCUT2D eigenvalue weighted by Gasteiger charge is 2.18. The average molecular weight is 306 g/mol. The zero-order valence-electron chi connectivity index (χ0n) is 11.1. The fraction of sp³-hybridized carbons (Fsp3) is 0.312. The van der Waals surface area contributed by atoms with E-state index in [0.29, 0.717) is 17.0 Å². The van der Waals surface area contributed by atoms with Crippen LogP contribution >= 0.6 is 22.9 Å².